The number of benzene rings is 2. The Bertz CT molecular complexity index is 1620. The van der Waals surface area contributed by atoms with Gasteiger partial charge in [-0.15, -0.1) is 0 Å². The van der Waals surface area contributed by atoms with E-state index in [1.54, 1.807) is 6.07 Å². The first-order valence-electron chi connectivity index (χ1n) is 13.2. The molecule has 0 fully saturated rings. The fraction of sp³-hybridized carbons (Fsp3) is 0.333. The molecule has 0 amide bonds. The lowest BCUT2D eigenvalue weighted by Crippen LogP contribution is -2.27. The van der Waals surface area contributed by atoms with Crippen LogP contribution >= 0.6 is 12.0 Å². The summed E-state index contributed by atoms with van der Waals surface area (Å²) in [5.41, 5.74) is 4.70. The summed E-state index contributed by atoms with van der Waals surface area (Å²) in [5.74, 6) is -0.917. The minimum absolute atomic E-state index is 0.0401. The molecule has 0 radical (unpaired) electrons. The van der Waals surface area contributed by atoms with E-state index in [4.69, 9.17) is 5.11 Å². The van der Waals surface area contributed by atoms with E-state index in [2.05, 4.69) is 27.8 Å². The fourth-order valence-corrected chi connectivity index (χ4v) is 6.62. The summed E-state index contributed by atoms with van der Waals surface area (Å²) >= 11 is 0.845. The average Bonchev–Trinajstić information content (AvgIpc) is 3.24. The van der Waals surface area contributed by atoms with E-state index in [1.807, 2.05) is 74.4 Å². The van der Waals surface area contributed by atoms with Gasteiger partial charge in [-0.2, -0.15) is 8.91 Å². The molecule has 2 aliphatic rings. The van der Waals surface area contributed by atoms with Crippen molar-refractivity contribution in [2.45, 2.75) is 61.2 Å². The number of carbonyl (C=O) groups is 1. The van der Waals surface area contributed by atoms with E-state index in [1.165, 1.54) is 12.1 Å². The van der Waals surface area contributed by atoms with Gasteiger partial charge in [0.25, 0.3) is 0 Å². The zero-order valence-electron chi connectivity index (χ0n) is 24.0. The maximum Gasteiger partial charge on any atom is 0.303 e. The van der Waals surface area contributed by atoms with Crippen LogP contribution in [-0.2, 0) is 35.1 Å². The highest BCUT2D eigenvalue weighted by atomic mass is 32.2. The largest absolute Gasteiger partial charge is 0.744 e. The van der Waals surface area contributed by atoms with Crippen LogP contribution in [0.5, 0.6) is 0 Å². The summed E-state index contributed by atoms with van der Waals surface area (Å²) in [4.78, 5) is 13.5. The Morgan fingerprint density at radius 2 is 1.79 bits per heavy atom. The molecule has 2 aromatic rings. The van der Waals surface area contributed by atoms with Crippen LogP contribution in [0.2, 0.25) is 0 Å². The van der Waals surface area contributed by atoms with Crippen molar-refractivity contribution in [1.29, 1.82) is 0 Å². The van der Waals surface area contributed by atoms with Gasteiger partial charge in [0, 0.05) is 52.4 Å². The number of nitrogens with zero attached hydrogens (tertiary/aromatic N) is 2. The number of rotatable bonds is 11. The van der Waals surface area contributed by atoms with Crippen LogP contribution in [0.1, 0.15) is 51.7 Å². The SMILES string of the molecule is C[N+]1=C(C=CC=CC=C2N(CCCC(=O)O)c3cc(S(=O)(=O)[O-])ccc3C2(C)C)C(C)(C)c2ccc(SOO[O-])cc21. The van der Waals surface area contributed by atoms with Crippen molar-refractivity contribution < 1.29 is 42.1 Å². The lowest BCUT2D eigenvalue weighted by Gasteiger charge is -2.27. The number of hydrogen-bond donors (Lipinski definition) is 1. The normalized spacial score (nSPS) is 18.5. The predicted octanol–water partition coefficient (Wildman–Crippen LogP) is 4.49. The second-order valence-corrected chi connectivity index (χ2v) is 13.3. The van der Waals surface area contributed by atoms with Gasteiger partial charge in [0.15, 0.2) is 5.71 Å². The standard InChI is InChI=1S/C30H34N2O8S2/c1-29(2)22-15-13-20(41-40-39-35)18-24(22)31(5)26(29)10-7-6-8-11-27-30(3,4)23-16-14-21(42(36,37)38)19-25(23)32(27)17-9-12-28(33)34/h6-8,10-11,13-16,18-19H,9,12,17H2,1-5H3,(H2-,33,34,35,36,37,38)/p-1. The third-order valence-electron chi connectivity index (χ3n) is 7.82. The second kappa shape index (κ2) is 12.2. The molecule has 12 heteroatoms. The monoisotopic (exact) mass is 613 g/mol. The van der Waals surface area contributed by atoms with Crippen LogP contribution in [0.4, 0.5) is 11.4 Å². The summed E-state index contributed by atoms with van der Waals surface area (Å²) in [6.07, 6.45) is 9.99. The molecule has 0 aliphatic carbocycles. The lowest BCUT2D eigenvalue weighted by atomic mass is 9.81. The van der Waals surface area contributed by atoms with E-state index in [-0.39, 0.29) is 16.7 Å². The molecule has 0 spiro atoms. The summed E-state index contributed by atoms with van der Waals surface area (Å²) in [6.45, 7) is 8.63. The number of carboxylic acid groups (broad SMARTS) is 1. The van der Waals surface area contributed by atoms with E-state index in [9.17, 15) is 23.0 Å². The first-order chi connectivity index (χ1) is 19.7. The molecule has 1 N–H and O–H groups in total. The van der Waals surface area contributed by atoms with Crippen molar-refractivity contribution in [3.05, 3.63) is 83.6 Å². The van der Waals surface area contributed by atoms with Gasteiger partial charge in [-0.05, 0) is 50.1 Å². The minimum Gasteiger partial charge on any atom is -0.744 e. The molecule has 2 aliphatic heterocycles. The Balaban J connectivity index is 1.62. The number of aliphatic carboxylic acids is 1. The maximum absolute atomic E-state index is 11.7. The second-order valence-electron chi connectivity index (χ2n) is 11.2. The third-order valence-corrected chi connectivity index (χ3v) is 9.22. The van der Waals surface area contributed by atoms with Gasteiger partial charge in [0.05, 0.1) is 22.4 Å². The Morgan fingerprint density at radius 1 is 1.07 bits per heavy atom. The maximum atomic E-state index is 11.7. The zero-order chi connectivity index (χ0) is 30.9. The van der Waals surface area contributed by atoms with Crippen molar-refractivity contribution in [1.82, 2.24) is 0 Å². The van der Waals surface area contributed by atoms with Gasteiger partial charge in [0.1, 0.15) is 17.2 Å². The Hall–Kier alpha value is -3.26. The topological polar surface area (TPSA) is 142 Å². The molecule has 4 rings (SSSR count). The first-order valence-corrected chi connectivity index (χ1v) is 15.4. The highest BCUT2D eigenvalue weighted by Gasteiger charge is 2.43. The smallest absolute Gasteiger partial charge is 0.303 e. The van der Waals surface area contributed by atoms with Crippen LogP contribution in [0, 0.1) is 0 Å². The van der Waals surface area contributed by atoms with E-state index < -0.39 is 21.5 Å². The van der Waals surface area contributed by atoms with Gasteiger partial charge < -0.3 is 19.8 Å². The quantitative estimate of drug-likeness (QED) is 0.0962. The van der Waals surface area contributed by atoms with E-state index >= 15 is 0 Å². The van der Waals surface area contributed by atoms with Crippen LogP contribution in [0.3, 0.4) is 0 Å². The molecule has 2 aromatic carbocycles. The van der Waals surface area contributed by atoms with Crippen molar-refractivity contribution in [2.75, 3.05) is 18.5 Å². The molecule has 224 valence electrons. The molecule has 0 saturated carbocycles. The Kier molecular flexibility index (Phi) is 9.17. The predicted molar refractivity (Wildman–Crippen MR) is 156 cm³/mol. The Morgan fingerprint density at radius 3 is 2.45 bits per heavy atom. The molecule has 0 aromatic heterocycles. The molecule has 42 heavy (non-hydrogen) atoms. The molecule has 0 atom stereocenters. The Labute approximate surface area is 250 Å². The molecule has 10 nitrogen and oxygen atoms in total. The van der Waals surface area contributed by atoms with Gasteiger partial charge >= 0.3 is 5.97 Å². The number of hydrogen-bond acceptors (Lipinski definition) is 9. The zero-order valence-corrected chi connectivity index (χ0v) is 25.6. The third kappa shape index (κ3) is 6.24. The molecule has 0 saturated heterocycles. The van der Waals surface area contributed by atoms with Crippen LogP contribution in [0.25, 0.3) is 0 Å². The molecular formula is C30H33N2O8S2-. The van der Waals surface area contributed by atoms with Crippen LogP contribution < -0.4 is 10.2 Å². The highest BCUT2D eigenvalue weighted by molar-refractivity contribution is 7.94. The summed E-state index contributed by atoms with van der Waals surface area (Å²) in [7, 11) is -2.68. The summed E-state index contributed by atoms with van der Waals surface area (Å²) in [6, 6.07) is 10.2. The fourth-order valence-electron chi connectivity index (χ4n) is 5.74. The van der Waals surface area contributed by atoms with E-state index in [0.717, 1.165) is 45.2 Å². The first kappa shape index (κ1) is 31.7. The summed E-state index contributed by atoms with van der Waals surface area (Å²) < 4.78 is 41.7. The number of fused-ring (bicyclic) bond motifs is 2. The van der Waals surface area contributed by atoms with Crippen molar-refractivity contribution in [3.63, 3.8) is 0 Å². The number of carboxylic acids is 1. The van der Waals surface area contributed by atoms with Gasteiger partial charge in [-0.3, -0.25) is 9.83 Å². The molecule has 0 bridgehead atoms. The van der Waals surface area contributed by atoms with Crippen molar-refractivity contribution in [3.8, 4) is 0 Å². The van der Waals surface area contributed by atoms with Gasteiger partial charge in [-0.25, -0.2) is 8.42 Å². The molecular weight excluding hydrogens is 580 g/mol. The number of allylic oxidation sites excluding steroid dienone is 6. The molecule has 2 heterocycles. The van der Waals surface area contributed by atoms with Crippen LogP contribution in [0.15, 0.2) is 82.3 Å². The lowest BCUT2D eigenvalue weighted by molar-refractivity contribution is -0.777. The van der Waals surface area contributed by atoms with E-state index in [0.29, 0.717) is 18.7 Å². The average molecular weight is 614 g/mol. The van der Waals surface area contributed by atoms with Gasteiger partial charge in [-0.1, -0.05) is 44.2 Å². The highest BCUT2D eigenvalue weighted by Crippen LogP contribution is 2.48. The van der Waals surface area contributed by atoms with Crippen LogP contribution in [-0.4, -0.2) is 47.9 Å². The van der Waals surface area contributed by atoms with Crippen molar-refractivity contribution in [2.24, 2.45) is 0 Å². The minimum atomic E-state index is -4.65. The van der Waals surface area contributed by atoms with Gasteiger partial charge in [0.2, 0.25) is 5.69 Å². The number of anilines is 1. The molecule has 0 unspecified atom stereocenters. The van der Waals surface area contributed by atoms with Crippen molar-refractivity contribution >= 4 is 45.2 Å². The summed E-state index contributed by atoms with van der Waals surface area (Å²) in [5, 5.41) is 22.8.